The van der Waals surface area contributed by atoms with Gasteiger partial charge < -0.3 is 9.30 Å². The van der Waals surface area contributed by atoms with E-state index < -0.39 is 0 Å². The molecule has 0 unspecified atom stereocenters. The molecule has 2 aromatic rings. The molecule has 0 radical (unpaired) electrons. The van der Waals surface area contributed by atoms with Crippen molar-refractivity contribution in [3.8, 4) is 11.1 Å². The van der Waals surface area contributed by atoms with Crippen LogP contribution in [0.3, 0.4) is 0 Å². The van der Waals surface area contributed by atoms with E-state index in [4.69, 9.17) is 16.3 Å². The van der Waals surface area contributed by atoms with Crippen LogP contribution >= 0.6 is 11.6 Å². The van der Waals surface area contributed by atoms with Crippen LogP contribution in [0.15, 0.2) is 24.5 Å². The van der Waals surface area contributed by atoms with E-state index in [-0.39, 0.29) is 5.97 Å². The summed E-state index contributed by atoms with van der Waals surface area (Å²) in [4.78, 5) is 15.6. The standard InChI is InChI=1S/C13H13ClN2O2/c1-8-6-15-12(14)5-10(8)9-4-11(13(17)18-3)16(2)7-9/h4-7H,1-3H3. The van der Waals surface area contributed by atoms with Gasteiger partial charge in [0.05, 0.1) is 7.11 Å². The van der Waals surface area contributed by atoms with Crippen LogP contribution in [0.2, 0.25) is 5.15 Å². The molecule has 94 valence electrons. The summed E-state index contributed by atoms with van der Waals surface area (Å²) in [5, 5.41) is 0.430. The van der Waals surface area contributed by atoms with Gasteiger partial charge in [0.15, 0.2) is 0 Å². The second kappa shape index (κ2) is 4.82. The molecule has 2 heterocycles. The van der Waals surface area contributed by atoms with Crippen molar-refractivity contribution >= 4 is 17.6 Å². The minimum absolute atomic E-state index is 0.360. The highest BCUT2D eigenvalue weighted by Gasteiger charge is 2.14. The molecule has 2 rings (SSSR count). The molecule has 0 saturated carbocycles. The van der Waals surface area contributed by atoms with Gasteiger partial charge in [-0.1, -0.05) is 11.6 Å². The van der Waals surface area contributed by atoms with Gasteiger partial charge in [-0.25, -0.2) is 9.78 Å². The Bertz CT molecular complexity index is 605. The minimum atomic E-state index is -0.360. The van der Waals surface area contributed by atoms with Crippen LogP contribution in [-0.4, -0.2) is 22.6 Å². The van der Waals surface area contributed by atoms with E-state index in [1.54, 1.807) is 29.9 Å². The monoisotopic (exact) mass is 264 g/mol. The zero-order valence-electron chi connectivity index (χ0n) is 10.4. The predicted molar refractivity (Wildman–Crippen MR) is 69.7 cm³/mol. The number of carbonyl (C=O) groups excluding carboxylic acids is 1. The number of hydrogen-bond acceptors (Lipinski definition) is 3. The number of aryl methyl sites for hydroxylation is 2. The number of ether oxygens (including phenoxy) is 1. The van der Waals surface area contributed by atoms with E-state index in [0.29, 0.717) is 10.8 Å². The fraction of sp³-hybridized carbons (Fsp3) is 0.231. The highest BCUT2D eigenvalue weighted by atomic mass is 35.5. The number of hydrogen-bond donors (Lipinski definition) is 0. The summed E-state index contributed by atoms with van der Waals surface area (Å²) in [5.74, 6) is -0.360. The summed E-state index contributed by atoms with van der Waals surface area (Å²) in [5.41, 5.74) is 3.38. The lowest BCUT2D eigenvalue weighted by atomic mass is 10.1. The van der Waals surface area contributed by atoms with Crippen molar-refractivity contribution in [3.63, 3.8) is 0 Å². The first-order valence-electron chi connectivity index (χ1n) is 5.40. The van der Waals surface area contributed by atoms with Crippen LogP contribution in [-0.2, 0) is 11.8 Å². The zero-order valence-corrected chi connectivity index (χ0v) is 11.2. The average molecular weight is 265 g/mol. The van der Waals surface area contributed by atoms with Gasteiger partial charge in [0.25, 0.3) is 0 Å². The van der Waals surface area contributed by atoms with Crippen LogP contribution in [0, 0.1) is 6.92 Å². The van der Waals surface area contributed by atoms with Gasteiger partial charge in [-0.05, 0) is 30.2 Å². The molecule has 4 nitrogen and oxygen atoms in total. The molecule has 0 aromatic carbocycles. The summed E-state index contributed by atoms with van der Waals surface area (Å²) >= 11 is 5.89. The van der Waals surface area contributed by atoms with E-state index >= 15 is 0 Å². The van der Waals surface area contributed by atoms with Gasteiger partial charge in [0.1, 0.15) is 10.8 Å². The molecule has 0 N–H and O–H groups in total. The van der Waals surface area contributed by atoms with Gasteiger partial charge in [0.2, 0.25) is 0 Å². The summed E-state index contributed by atoms with van der Waals surface area (Å²) in [6.07, 6.45) is 3.58. The number of pyridine rings is 1. The summed E-state index contributed by atoms with van der Waals surface area (Å²) in [6.45, 7) is 1.95. The molecule has 0 atom stereocenters. The van der Waals surface area contributed by atoms with Crippen molar-refractivity contribution in [1.29, 1.82) is 0 Å². The number of carbonyl (C=O) groups is 1. The second-order valence-electron chi connectivity index (χ2n) is 4.04. The molecule has 0 aliphatic rings. The molecule has 2 aromatic heterocycles. The molecule has 0 amide bonds. The maximum atomic E-state index is 11.5. The lowest BCUT2D eigenvalue weighted by molar-refractivity contribution is 0.0590. The van der Waals surface area contributed by atoms with Crippen molar-refractivity contribution in [3.05, 3.63) is 40.9 Å². The number of nitrogens with zero attached hydrogens (tertiary/aromatic N) is 2. The molecule has 0 saturated heterocycles. The predicted octanol–water partition coefficient (Wildman–Crippen LogP) is 2.84. The molecule has 0 bridgehead atoms. The van der Waals surface area contributed by atoms with Crippen LogP contribution in [0.4, 0.5) is 0 Å². The van der Waals surface area contributed by atoms with Crippen molar-refractivity contribution in [2.45, 2.75) is 6.92 Å². The van der Waals surface area contributed by atoms with Gasteiger partial charge in [-0.2, -0.15) is 0 Å². The Morgan fingerprint density at radius 3 is 2.83 bits per heavy atom. The first kappa shape index (κ1) is 12.6. The molecule has 5 heteroatoms. The fourth-order valence-corrected chi connectivity index (χ4v) is 1.99. The zero-order chi connectivity index (χ0) is 13.3. The highest BCUT2D eigenvalue weighted by Crippen LogP contribution is 2.27. The van der Waals surface area contributed by atoms with Gasteiger partial charge in [0, 0.05) is 25.0 Å². The summed E-state index contributed by atoms with van der Waals surface area (Å²) < 4.78 is 6.45. The molecule has 0 aliphatic heterocycles. The Kier molecular flexibility index (Phi) is 3.39. The highest BCUT2D eigenvalue weighted by molar-refractivity contribution is 6.29. The quantitative estimate of drug-likeness (QED) is 0.619. The molecule has 0 spiro atoms. The van der Waals surface area contributed by atoms with Crippen molar-refractivity contribution in [2.75, 3.05) is 7.11 Å². The van der Waals surface area contributed by atoms with E-state index in [9.17, 15) is 4.79 Å². The van der Waals surface area contributed by atoms with E-state index in [0.717, 1.165) is 16.7 Å². The SMILES string of the molecule is COC(=O)c1cc(-c2cc(Cl)ncc2C)cn1C. The molecule has 0 aliphatic carbocycles. The van der Waals surface area contributed by atoms with Gasteiger partial charge in [-0.15, -0.1) is 0 Å². The normalized spacial score (nSPS) is 10.4. The Morgan fingerprint density at radius 2 is 2.17 bits per heavy atom. The van der Waals surface area contributed by atoms with Crippen molar-refractivity contribution in [2.24, 2.45) is 7.05 Å². The number of methoxy groups -OCH3 is 1. The largest absolute Gasteiger partial charge is 0.464 e. The van der Waals surface area contributed by atoms with Crippen molar-refractivity contribution in [1.82, 2.24) is 9.55 Å². The Morgan fingerprint density at radius 1 is 1.44 bits per heavy atom. The van der Waals surface area contributed by atoms with Gasteiger partial charge in [-0.3, -0.25) is 0 Å². The van der Waals surface area contributed by atoms with E-state index in [2.05, 4.69) is 4.98 Å². The Hall–Kier alpha value is -1.81. The smallest absolute Gasteiger partial charge is 0.354 e. The third kappa shape index (κ3) is 2.24. The van der Waals surface area contributed by atoms with Crippen molar-refractivity contribution < 1.29 is 9.53 Å². The van der Waals surface area contributed by atoms with Gasteiger partial charge >= 0.3 is 5.97 Å². The third-order valence-corrected chi connectivity index (χ3v) is 2.99. The number of halogens is 1. The number of rotatable bonds is 2. The second-order valence-corrected chi connectivity index (χ2v) is 4.43. The minimum Gasteiger partial charge on any atom is -0.464 e. The van der Waals surface area contributed by atoms with E-state index in [1.165, 1.54) is 7.11 Å². The summed E-state index contributed by atoms with van der Waals surface area (Å²) in [6, 6.07) is 3.57. The molecule has 0 fully saturated rings. The van der Waals surface area contributed by atoms with Crippen LogP contribution in [0.1, 0.15) is 16.1 Å². The maximum absolute atomic E-state index is 11.5. The Balaban J connectivity index is 2.52. The lowest BCUT2D eigenvalue weighted by Gasteiger charge is -2.02. The molecular weight excluding hydrogens is 252 g/mol. The maximum Gasteiger partial charge on any atom is 0.354 e. The van der Waals surface area contributed by atoms with E-state index in [1.807, 2.05) is 13.1 Å². The Labute approximate surface area is 110 Å². The first-order valence-corrected chi connectivity index (χ1v) is 5.78. The first-order chi connectivity index (χ1) is 8.52. The topological polar surface area (TPSA) is 44.1 Å². The number of aromatic nitrogens is 2. The van der Waals surface area contributed by atoms with Crippen LogP contribution in [0.25, 0.3) is 11.1 Å². The third-order valence-electron chi connectivity index (χ3n) is 2.78. The lowest BCUT2D eigenvalue weighted by Crippen LogP contribution is -2.06. The fourth-order valence-electron chi connectivity index (χ4n) is 1.83. The summed E-state index contributed by atoms with van der Waals surface area (Å²) in [7, 11) is 3.16. The van der Waals surface area contributed by atoms with Crippen LogP contribution in [0.5, 0.6) is 0 Å². The molecular formula is C13H13ClN2O2. The van der Waals surface area contributed by atoms with Crippen LogP contribution < -0.4 is 0 Å². The molecule has 18 heavy (non-hydrogen) atoms. The number of esters is 1. The average Bonchev–Trinajstić information content (AvgIpc) is 2.73.